The van der Waals surface area contributed by atoms with Crippen LogP contribution in [-0.4, -0.2) is 30.4 Å². The number of rotatable bonds is 7. The van der Waals surface area contributed by atoms with Gasteiger partial charge in [-0.3, -0.25) is 9.79 Å². The van der Waals surface area contributed by atoms with Gasteiger partial charge in [0, 0.05) is 31.6 Å². The van der Waals surface area contributed by atoms with Gasteiger partial charge >= 0.3 is 0 Å². The van der Waals surface area contributed by atoms with Crippen LogP contribution >= 0.6 is 11.3 Å². The predicted octanol–water partition coefficient (Wildman–Crippen LogP) is 3.13. The molecule has 7 heteroatoms. The Balaban J connectivity index is 1.75. The zero-order valence-electron chi connectivity index (χ0n) is 15.8. The van der Waals surface area contributed by atoms with Crippen molar-refractivity contribution in [1.82, 2.24) is 15.6 Å². The van der Waals surface area contributed by atoms with Gasteiger partial charge in [-0.25, -0.2) is 4.98 Å². The molecule has 0 bridgehead atoms. The van der Waals surface area contributed by atoms with Crippen LogP contribution in [0.15, 0.2) is 34.6 Å². The number of thiazole rings is 1. The summed E-state index contributed by atoms with van der Waals surface area (Å²) in [6, 6.07) is 7.87. The number of guanidine groups is 1. The number of nitrogens with zero attached hydrogens (tertiary/aromatic N) is 2. The summed E-state index contributed by atoms with van der Waals surface area (Å²) in [7, 11) is 1.76. The van der Waals surface area contributed by atoms with Crippen molar-refractivity contribution in [2.75, 3.05) is 18.9 Å². The topological polar surface area (TPSA) is 78.4 Å². The maximum absolute atomic E-state index is 11.0. The van der Waals surface area contributed by atoms with E-state index in [0.717, 1.165) is 35.3 Å². The third kappa shape index (κ3) is 6.48. The maximum Gasteiger partial charge on any atom is 0.221 e. The molecule has 0 fully saturated rings. The zero-order chi connectivity index (χ0) is 18.9. The van der Waals surface area contributed by atoms with E-state index in [1.54, 1.807) is 18.4 Å². The first kappa shape index (κ1) is 19.9. The molecule has 0 atom stereocenters. The Hall–Kier alpha value is -2.41. The van der Waals surface area contributed by atoms with Gasteiger partial charge in [-0.2, -0.15) is 0 Å². The van der Waals surface area contributed by atoms with E-state index in [-0.39, 0.29) is 5.91 Å². The van der Waals surface area contributed by atoms with Gasteiger partial charge in [0.15, 0.2) is 5.96 Å². The number of nitrogens with one attached hydrogen (secondary N) is 3. The highest BCUT2D eigenvalue weighted by Crippen LogP contribution is 2.17. The second-order valence-electron chi connectivity index (χ2n) is 6.30. The van der Waals surface area contributed by atoms with Crippen molar-refractivity contribution in [2.45, 2.75) is 39.7 Å². The molecule has 1 amide bonds. The minimum absolute atomic E-state index is 0.0602. The molecule has 0 aliphatic heterocycles. The van der Waals surface area contributed by atoms with Crippen molar-refractivity contribution in [3.05, 3.63) is 45.9 Å². The number of aliphatic imine (C=N–C) groups is 1. The number of carbonyl (C=O) groups is 1. The molecule has 26 heavy (non-hydrogen) atoms. The Kier molecular flexibility index (Phi) is 7.59. The lowest BCUT2D eigenvalue weighted by Gasteiger charge is -2.11. The van der Waals surface area contributed by atoms with Crippen LogP contribution in [0.25, 0.3) is 0 Å². The minimum atomic E-state index is -0.0602. The molecule has 140 valence electrons. The van der Waals surface area contributed by atoms with E-state index in [1.165, 1.54) is 12.5 Å². The highest BCUT2D eigenvalue weighted by molar-refractivity contribution is 7.09. The van der Waals surface area contributed by atoms with Crippen molar-refractivity contribution in [3.8, 4) is 0 Å². The van der Waals surface area contributed by atoms with E-state index >= 15 is 0 Å². The maximum atomic E-state index is 11.0. The summed E-state index contributed by atoms with van der Waals surface area (Å²) in [6.45, 7) is 7.24. The molecular weight excluding hydrogens is 346 g/mol. The molecule has 0 spiro atoms. The number of amides is 1. The fourth-order valence-corrected chi connectivity index (χ4v) is 3.23. The summed E-state index contributed by atoms with van der Waals surface area (Å²) < 4.78 is 0. The average molecular weight is 374 g/mol. The summed E-state index contributed by atoms with van der Waals surface area (Å²) in [5, 5.41) is 12.5. The normalized spacial score (nSPS) is 11.5. The fourth-order valence-electron chi connectivity index (χ4n) is 2.33. The van der Waals surface area contributed by atoms with Gasteiger partial charge in [-0.15, -0.1) is 11.3 Å². The summed E-state index contributed by atoms with van der Waals surface area (Å²) in [6.07, 6.45) is 0.871. The third-order valence-electron chi connectivity index (χ3n) is 3.77. The molecule has 0 saturated carbocycles. The van der Waals surface area contributed by atoms with Crippen LogP contribution in [0.4, 0.5) is 5.69 Å². The Morgan fingerprint density at radius 2 is 1.96 bits per heavy atom. The number of anilines is 1. The van der Waals surface area contributed by atoms with Crippen LogP contribution in [-0.2, 0) is 17.8 Å². The lowest BCUT2D eigenvalue weighted by molar-refractivity contribution is -0.114. The lowest BCUT2D eigenvalue weighted by Crippen LogP contribution is -2.37. The van der Waals surface area contributed by atoms with Gasteiger partial charge in [0.2, 0.25) is 5.91 Å². The van der Waals surface area contributed by atoms with Crippen LogP contribution in [0, 0.1) is 0 Å². The number of hydrogen-bond acceptors (Lipinski definition) is 4. The Bertz CT molecular complexity index is 737. The SMILES string of the molecule is CN=C(NCCc1ccc(NC(C)=O)cc1)NCc1nc(C(C)C)cs1. The molecule has 0 aliphatic rings. The highest BCUT2D eigenvalue weighted by Gasteiger charge is 2.06. The first-order valence-electron chi connectivity index (χ1n) is 8.73. The first-order valence-corrected chi connectivity index (χ1v) is 9.61. The van der Waals surface area contributed by atoms with Crippen molar-refractivity contribution in [3.63, 3.8) is 0 Å². The monoisotopic (exact) mass is 373 g/mol. The van der Waals surface area contributed by atoms with Crippen LogP contribution in [0.3, 0.4) is 0 Å². The Morgan fingerprint density at radius 1 is 1.23 bits per heavy atom. The van der Waals surface area contributed by atoms with E-state index in [9.17, 15) is 4.79 Å². The van der Waals surface area contributed by atoms with Crippen molar-refractivity contribution < 1.29 is 4.79 Å². The molecule has 1 aromatic carbocycles. The van der Waals surface area contributed by atoms with Crippen molar-refractivity contribution in [1.29, 1.82) is 0 Å². The average Bonchev–Trinajstić information content (AvgIpc) is 3.08. The molecule has 0 saturated heterocycles. The molecule has 0 aliphatic carbocycles. The van der Waals surface area contributed by atoms with Crippen LogP contribution < -0.4 is 16.0 Å². The van der Waals surface area contributed by atoms with Gasteiger partial charge < -0.3 is 16.0 Å². The third-order valence-corrected chi connectivity index (χ3v) is 4.64. The molecule has 1 aromatic heterocycles. The van der Waals surface area contributed by atoms with Gasteiger partial charge in [-0.05, 0) is 30.0 Å². The second-order valence-corrected chi connectivity index (χ2v) is 7.24. The molecule has 1 heterocycles. The first-order chi connectivity index (χ1) is 12.5. The molecule has 0 radical (unpaired) electrons. The standard InChI is InChI=1S/C19H27N5OS/c1-13(2)17-12-26-18(24-17)11-22-19(20-4)21-10-9-15-5-7-16(8-6-15)23-14(3)25/h5-8,12-13H,9-11H2,1-4H3,(H,23,25)(H2,20,21,22). The fraction of sp³-hybridized carbons (Fsp3) is 0.421. The summed E-state index contributed by atoms with van der Waals surface area (Å²) >= 11 is 1.67. The number of aromatic nitrogens is 1. The van der Waals surface area contributed by atoms with E-state index < -0.39 is 0 Å². The molecule has 0 unspecified atom stereocenters. The van der Waals surface area contributed by atoms with Crippen molar-refractivity contribution >= 4 is 28.9 Å². The van der Waals surface area contributed by atoms with Crippen LogP contribution in [0.2, 0.25) is 0 Å². The minimum Gasteiger partial charge on any atom is -0.356 e. The van der Waals surface area contributed by atoms with Gasteiger partial charge in [0.05, 0.1) is 12.2 Å². The van der Waals surface area contributed by atoms with Gasteiger partial charge in [-0.1, -0.05) is 26.0 Å². The largest absolute Gasteiger partial charge is 0.356 e. The molecular formula is C19H27N5OS. The van der Waals surface area contributed by atoms with Gasteiger partial charge in [0.25, 0.3) is 0 Å². The highest BCUT2D eigenvalue weighted by atomic mass is 32.1. The summed E-state index contributed by atoms with van der Waals surface area (Å²) in [5.41, 5.74) is 3.15. The van der Waals surface area contributed by atoms with E-state index in [2.05, 4.69) is 45.2 Å². The smallest absolute Gasteiger partial charge is 0.221 e. The van der Waals surface area contributed by atoms with Crippen molar-refractivity contribution in [2.24, 2.45) is 4.99 Å². The predicted molar refractivity (Wildman–Crippen MR) is 109 cm³/mol. The van der Waals surface area contributed by atoms with Gasteiger partial charge in [0.1, 0.15) is 5.01 Å². The Labute approximate surface area is 159 Å². The van der Waals surface area contributed by atoms with E-state index in [4.69, 9.17) is 0 Å². The van der Waals surface area contributed by atoms with E-state index in [0.29, 0.717) is 12.5 Å². The molecule has 2 aromatic rings. The second kappa shape index (κ2) is 9.91. The quantitative estimate of drug-likeness (QED) is 0.515. The number of carbonyl (C=O) groups excluding carboxylic acids is 1. The van der Waals surface area contributed by atoms with E-state index in [1.807, 2.05) is 24.3 Å². The molecule has 6 nitrogen and oxygen atoms in total. The van der Waals surface area contributed by atoms with Crippen LogP contribution in [0.1, 0.15) is 43.0 Å². The Morgan fingerprint density at radius 3 is 2.54 bits per heavy atom. The zero-order valence-corrected chi connectivity index (χ0v) is 16.6. The van der Waals surface area contributed by atoms with Crippen LogP contribution in [0.5, 0.6) is 0 Å². The number of hydrogen-bond donors (Lipinski definition) is 3. The molecule has 3 N–H and O–H groups in total. The molecule has 2 rings (SSSR count). The number of benzene rings is 1. The summed E-state index contributed by atoms with van der Waals surface area (Å²) in [5.74, 6) is 1.16. The summed E-state index contributed by atoms with van der Waals surface area (Å²) in [4.78, 5) is 19.9. The lowest BCUT2D eigenvalue weighted by atomic mass is 10.1.